The van der Waals surface area contributed by atoms with Gasteiger partial charge in [-0.3, -0.25) is 14.4 Å². The van der Waals surface area contributed by atoms with Gasteiger partial charge in [0.1, 0.15) is 23.9 Å². The van der Waals surface area contributed by atoms with E-state index >= 15 is 0 Å². The molecule has 3 aromatic carbocycles. The molecule has 2 N–H and O–H groups in total. The topological polar surface area (TPSA) is 164 Å². The zero-order valence-corrected chi connectivity index (χ0v) is 25.5. The molecule has 46 heavy (non-hydrogen) atoms. The number of ether oxygens (including phenoxy) is 5. The second-order valence-electron chi connectivity index (χ2n) is 10.9. The Bertz CT molecular complexity index is 1770. The molecule has 0 amide bonds. The minimum absolute atomic E-state index is 0.100. The summed E-state index contributed by atoms with van der Waals surface area (Å²) in [5.41, 5.74) is 1.66. The first-order valence-corrected chi connectivity index (χ1v) is 15.1. The van der Waals surface area contributed by atoms with Gasteiger partial charge in [0.15, 0.2) is 11.4 Å². The van der Waals surface area contributed by atoms with Crippen molar-refractivity contribution in [3.63, 3.8) is 0 Å². The highest BCUT2D eigenvalue weighted by atomic mass is 16.8. The van der Waals surface area contributed by atoms with E-state index in [0.29, 0.717) is 28.0 Å². The Balaban J connectivity index is 1.32. The van der Waals surface area contributed by atoms with Gasteiger partial charge in [0.25, 0.3) is 5.56 Å². The number of aromatic nitrogens is 1. The average molecular weight is 634 g/mol. The Morgan fingerprint density at radius 1 is 1.02 bits per heavy atom. The predicted octanol–water partition coefficient (Wildman–Crippen LogP) is 5.95. The van der Waals surface area contributed by atoms with Crippen molar-refractivity contribution in [2.45, 2.75) is 71.4 Å². The molecule has 1 saturated carbocycles. The number of esters is 1. The zero-order chi connectivity index (χ0) is 32.6. The number of benzene rings is 3. The number of aromatic amines is 1. The SMILES string of the molecule is CCOC(=O)OC(C)OC(=O)CCc1cc(C(=O)c2ccc(OC3CCCC3)cc2O)ccc1OCc1ccc2c(=O)[nH]oc2c1. The van der Waals surface area contributed by atoms with Gasteiger partial charge in [0.2, 0.25) is 6.29 Å². The van der Waals surface area contributed by atoms with Crippen LogP contribution in [0.2, 0.25) is 0 Å². The Morgan fingerprint density at radius 2 is 1.83 bits per heavy atom. The smallest absolute Gasteiger partial charge is 0.507 e. The minimum Gasteiger partial charge on any atom is -0.507 e. The maximum atomic E-state index is 13.5. The zero-order valence-electron chi connectivity index (χ0n) is 25.5. The Morgan fingerprint density at radius 3 is 2.59 bits per heavy atom. The number of hydrogen-bond acceptors (Lipinski definition) is 11. The fourth-order valence-electron chi connectivity index (χ4n) is 5.23. The molecule has 1 aliphatic rings. The standard InChI is InChI=1S/C34H35NO11/c1-3-41-34(40)44-20(2)43-31(37)15-10-22-17-23(32(38)26-13-11-25(18-28(26)36)45-24-6-4-5-7-24)9-14-29(22)42-19-21-8-12-27-30(16-21)46-35-33(27)39/h8-9,11-14,16-18,20,24,36H,3-7,10,15,19H2,1-2H3,(H,35,39). The van der Waals surface area contributed by atoms with E-state index in [1.807, 2.05) is 0 Å². The number of phenolic OH excluding ortho intramolecular Hbond substituents is 1. The van der Waals surface area contributed by atoms with Gasteiger partial charge in [0.05, 0.1) is 23.7 Å². The molecule has 5 rings (SSSR count). The van der Waals surface area contributed by atoms with Gasteiger partial charge in [-0.15, -0.1) is 0 Å². The third-order valence-electron chi connectivity index (χ3n) is 7.50. The van der Waals surface area contributed by atoms with Crippen molar-refractivity contribution in [3.8, 4) is 17.2 Å². The van der Waals surface area contributed by atoms with Crippen molar-refractivity contribution in [1.29, 1.82) is 0 Å². The van der Waals surface area contributed by atoms with Crippen LogP contribution in [0.5, 0.6) is 17.2 Å². The van der Waals surface area contributed by atoms with E-state index in [0.717, 1.165) is 31.2 Å². The number of aryl methyl sites for hydroxylation is 1. The molecule has 1 atom stereocenters. The van der Waals surface area contributed by atoms with Gasteiger partial charge in [-0.2, -0.15) is 5.16 Å². The third-order valence-corrected chi connectivity index (χ3v) is 7.50. The maximum Gasteiger partial charge on any atom is 0.511 e. The largest absolute Gasteiger partial charge is 0.511 e. The molecule has 1 fully saturated rings. The minimum atomic E-state index is -1.16. The monoisotopic (exact) mass is 633 g/mol. The van der Waals surface area contributed by atoms with Crippen LogP contribution in [0.25, 0.3) is 11.0 Å². The second kappa shape index (κ2) is 14.7. The van der Waals surface area contributed by atoms with Crippen LogP contribution in [-0.4, -0.2) is 47.2 Å². The number of phenols is 1. The van der Waals surface area contributed by atoms with Crippen LogP contribution in [0, 0.1) is 0 Å². The highest BCUT2D eigenvalue weighted by Crippen LogP contribution is 2.31. The molecule has 0 spiro atoms. The van der Waals surface area contributed by atoms with E-state index < -0.39 is 24.2 Å². The Labute approximate surface area is 264 Å². The normalized spacial score (nSPS) is 13.7. The van der Waals surface area contributed by atoms with Crippen LogP contribution in [0.4, 0.5) is 4.79 Å². The van der Waals surface area contributed by atoms with E-state index in [1.165, 1.54) is 19.1 Å². The Hall–Kier alpha value is -5.26. The van der Waals surface area contributed by atoms with Crippen molar-refractivity contribution in [3.05, 3.63) is 87.2 Å². The van der Waals surface area contributed by atoms with Crippen molar-refractivity contribution in [2.75, 3.05) is 6.61 Å². The van der Waals surface area contributed by atoms with Crippen molar-refractivity contribution < 1.29 is 47.7 Å². The number of aromatic hydroxyl groups is 1. The van der Waals surface area contributed by atoms with Crippen LogP contribution < -0.4 is 15.0 Å². The molecule has 1 unspecified atom stereocenters. The Kier molecular flexibility index (Phi) is 10.3. The summed E-state index contributed by atoms with van der Waals surface area (Å²) in [5.74, 6) is -0.372. The van der Waals surface area contributed by atoms with Crippen molar-refractivity contribution in [1.82, 2.24) is 5.16 Å². The molecule has 1 heterocycles. The fraction of sp³-hybridized carbons (Fsp3) is 0.353. The summed E-state index contributed by atoms with van der Waals surface area (Å²) in [6.07, 6.45) is 2.11. The highest BCUT2D eigenvalue weighted by Gasteiger charge is 2.21. The van der Waals surface area contributed by atoms with E-state index in [1.54, 1.807) is 49.4 Å². The molecule has 12 nitrogen and oxygen atoms in total. The predicted molar refractivity (Wildman–Crippen MR) is 164 cm³/mol. The maximum absolute atomic E-state index is 13.5. The van der Waals surface area contributed by atoms with Gasteiger partial charge < -0.3 is 33.3 Å². The number of carbonyl (C=O) groups is 3. The highest BCUT2D eigenvalue weighted by molar-refractivity contribution is 6.11. The molecule has 242 valence electrons. The molecule has 0 radical (unpaired) electrons. The van der Waals surface area contributed by atoms with Gasteiger partial charge >= 0.3 is 12.1 Å². The van der Waals surface area contributed by atoms with E-state index in [4.69, 9.17) is 28.2 Å². The second-order valence-corrected chi connectivity index (χ2v) is 10.9. The number of fused-ring (bicyclic) bond motifs is 1. The molecule has 0 bridgehead atoms. The quantitative estimate of drug-likeness (QED) is 0.102. The van der Waals surface area contributed by atoms with Crippen LogP contribution >= 0.6 is 0 Å². The summed E-state index contributed by atoms with van der Waals surface area (Å²) in [4.78, 5) is 49.4. The molecule has 0 saturated heterocycles. The lowest BCUT2D eigenvalue weighted by Crippen LogP contribution is -2.22. The molecule has 1 aliphatic carbocycles. The van der Waals surface area contributed by atoms with E-state index in [9.17, 15) is 24.3 Å². The van der Waals surface area contributed by atoms with Gasteiger partial charge in [0, 0.05) is 25.0 Å². The number of hydrogen-bond donors (Lipinski definition) is 2. The van der Waals surface area contributed by atoms with Crippen LogP contribution in [0.3, 0.4) is 0 Å². The summed E-state index contributed by atoms with van der Waals surface area (Å²) >= 11 is 0. The van der Waals surface area contributed by atoms with Crippen LogP contribution in [-0.2, 0) is 32.0 Å². The molecular formula is C34H35NO11. The lowest BCUT2D eigenvalue weighted by Gasteiger charge is -2.16. The first-order chi connectivity index (χ1) is 22.2. The number of nitrogens with one attached hydrogen (secondary N) is 1. The number of ketones is 1. The number of H-pyrrole nitrogens is 1. The summed E-state index contributed by atoms with van der Waals surface area (Å²) in [6.45, 7) is 3.22. The first kappa shape index (κ1) is 32.1. The van der Waals surface area contributed by atoms with E-state index in [2.05, 4.69) is 5.16 Å². The lowest BCUT2D eigenvalue weighted by molar-refractivity contribution is -0.167. The van der Waals surface area contributed by atoms with Crippen LogP contribution in [0.15, 0.2) is 63.9 Å². The lowest BCUT2D eigenvalue weighted by atomic mass is 9.98. The summed E-state index contributed by atoms with van der Waals surface area (Å²) in [6, 6.07) is 14.5. The first-order valence-electron chi connectivity index (χ1n) is 15.1. The molecule has 1 aromatic heterocycles. The molecule has 4 aromatic rings. The van der Waals surface area contributed by atoms with Crippen molar-refractivity contribution >= 4 is 28.9 Å². The average Bonchev–Trinajstić information content (AvgIpc) is 3.68. The third kappa shape index (κ3) is 8.06. The summed E-state index contributed by atoms with van der Waals surface area (Å²) < 4.78 is 31.9. The van der Waals surface area contributed by atoms with Gasteiger partial charge in [-0.25, -0.2) is 4.79 Å². The number of carbonyl (C=O) groups excluding carboxylic acids is 3. The van der Waals surface area contributed by atoms with Gasteiger partial charge in [-0.1, -0.05) is 6.07 Å². The summed E-state index contributed by atoms with van der Waals surface area (Å²) in [5, 5.41) is 13.4. The van der Waals surface area contributed by atoms with Crippen LogP contribution in [0.1, 0.15) is 73.0 Å². The molecular weight excluding hydrogens is 598 g/mol. The number of rotatable bonds is 13. The van der Waals surface area contributed by atoms with Crippen molar-refractivity contribution in [2.24, 2.45) is 0 Å². The molecule has 12 heteroatoms. The summed E-state index contributed by atoms with van der Waals surface area (Å²) in [7, 11) is 0. The van der Waals surface area contributed by atoms with E-state index in [-0.39, 0.29) is 54.6 Å². The fourth-order valence-corrected chi connectivity index (χ4v) is 5.23. The molecule has 0 aliphatic heterocycles. The van der Waals surface area contributed by atoms with Gasteiger partial charge in [-0.05, 0) is 92.6 Å².